The van der Waals surface area contributed by atoms with Crippen LogP contribution in [0.25, 0.3) is 0 Å². The number of hydrogen-bond donors (Lipinski definition) is 2. The Morgan fingerprint density at radius 2 is 2.05 bits per heavy atom. The molecule has 7 heteroatoms. The van der Waals surface area contributed by atoms with E-state index in [0.717, 1.165) is 0 Å². The molecular weight excluding hydrogens is 286 g/mol. The number of nitrogen functional groups attached to an aromatic ring is 1. The molecule has 1 aromatic carbocycles. The molecule has 0 atom stereocenters. The number of nitrogens with two attached hydrogens (primary N) is 1. The first-order chi connectivity index (χ1) is 8.72. The summed E-state index contributed by atoms with van der Waals surface area (Å²) >= 11 is 6.02. The van der Waals surface area contributed by atoms with Crippen LogP contribution in [0, 0.1) is 5.92 Å². The fourth-order valence-electron chi connectivity index (χ4n) is 1.42. The zero-order valence-electron chi connectivity index (χ0n) is 11.4. The topological polar surface area (TPSA) is 75.4 Å². The van der Waals surface area contributed by atoms with Crippen molar-refractivity contribution in [2.24, 2.45) is 5.92 Å². The van der Waals surface area contributed by atoms with Crippen molar-refractivity contribution in [3.63, 3.8) is 0 Å². The molecule has 0 saturated heterocycles. The van der Waals surface area contributed by atoms with E-state index in [4.69, 9.17) is 17.3 Å². The van der Waals surface area contributed by atoms with E-state index < -0.39 is 10.2 Å². The first-order valence-corrected chi connectivity index (χ1v) is 7.79. The number of halogens is 1. The molecule has 1 aromatic rings. The molecule has 0 amide bonds. The van der Waals surface area contributed by atoms with E-state index in [2.05, 4.69) is 4.72 Å². The number of hydrogen-bond acceptors (Lipinski definition) is 3. The zero-order valence-corrected chi connectivity index (χ0v) is 12.9. The highest BCUT2D eigenvalue weighted by molar-refractivity contribution is 7.87. The summed E-state index contributed by atoms with van der Waals surface area (Å²) in [6, 6.07) is 5.02. The van der Waals surface area contributed by atoms with Crippen LogP contribution in [0.5, 0.6) is 0 Å². The van der Waals surface area contributed by atoms with Crippen molar-refractivity contribution in [2.45, 2.75) is 20.4 Å². The Labute approximate surface area is 119 Å². The van der Waals surface area contributed by atoms with Gasteiger partial charge in [0, 0.05) is 30.8 Å². The van der Waals surface area contributed by atoms with Gasteiger partial charge in [-0.25, -0.2) is 4.72 Å². The Balaban J connectivity index is 2.78. The number of nitrogens with one attached hydrogen (secondary N) is 1. The average Bonchev–Trinajstić information content (AvgIpc) is 2.31. The van der Waals surface area contributed by atoms with Gasteiger partial charge in [0.05, 0.1) is 0 Å². The summed E-state index contributed by atoms with van der Waals surface area (Å²) < 4.78 is 27.7. The predicted molar refractivity (Wildman–Crippen MR) is 79.1 cm³/mol. The van der Waals surface area contributed by atoms with Crippen LogP contribution in [0.4, 0.5) is 5.69 Å². The van der Waals surface area contributed by atoms with Gasteiger partial charge < -0.3 is 5.73 Å². The Kier molecular flexibility index (Phi) is 5.61. The van der Waals surface area contributed by atoms with Gasteiger partial charge in [0.25, 0.3) is 10.2 Å². The van der Waals surface area contributed by atoms with Crippen molar-refractivity contribution < 1.29 is 8.42 Å². The summed E-state index contributed by atoms with van der Waals surface area (Å²) in [6.45, 7) is 4.46. The predicted octanol–water partition coefficient (Wildman–Crippen LogP) is 1.84. The molecule has 0 heterocycles. The van der Waals surface area contributed by atoms with Gasteiger partial charge in [-0.1, -0.05) is 25.4 Å². The molecule has 0 spiro atoms. The van der Waals surface area contributed by atoms with Crippen LogP contribution in [0.3, 0.4) is 0 Å². The maximum atomic E-state index is 12.0. The second-order valence-electron chi connectivity index (χ2n) is 4.85. The third-order valence-electron chi connectivity index (χ3n) is 2.55. The second-order valence-corrected chi connectivity index (χ2v) is 7.12. The molecule has 0 aliphatic rings. The third-order valence-corrected chi connectivity index (χ3v) is 4.40. The van der Waals surface area contributed by atoms with E-state index >= 15 is 0 Å². The van der Waals surface area contributed by atoms with E-state index in [1.807, 2.05) is 13.8 Å². The quantitative estimate of drug-likeness (QED) is 0.788. The van der Waals surface area contributed by atoms with Gasteiger partial charge in [-0.3, -0.25) is 0 Å². The van der Waals surface area contributed by atoms with Crippen molar-refractivity contribution in [1.82, 2.24) is 9.03 Å². The number of nitrogens with zero attached hydrogens (tertiary/aromatic N) is 1. The maximum absolute atomic E-state index is 12.0. The van der Waals surface area contributed by atoms with Crippen molar-refractivity contribution in [3.05, 3.63) is 28.8 Å². The maximum Gasteiger partial charge on any atom is 0.279 e. The van der Waals surface area contributed by atoms with Crippen molar-refractivity contribution >= 4 is 27.5 Å². The fraction of sp³-hybridized carbons (Fsp3) is 0.500. The van der Waals surface area contributed by atoms with Crippen LogP contribution in [0.1, 0.15) is 19.4 Å². The lowest BCUT2D eigenvalue weighted by molar-refractivity contribution is 0.449. The Hall–Kier alpha value is -0.820. The van der Waals surface area contributed by atoms with E-state index in [9.17, 15) is 8.42 Å². The summed E-state index contributed by atoms with van der Waals surface area (Å²) in [5.41, 5.74) is 6.90. The molecule has 5 nitrogen and oxygen atoms in total. The van der Waals surface area contributed by atoms with Gasteiger partial charge in [-0.05, 0) is 29.7 Å². The van der Waals surface area contributed by atoms with Gasteiger partial charge in [-0.15, -0.1) is 0 Å². The standard InChI is InChI=1S/C12H20ClN3O2S/c1-9(2)7-15-19(17,18)16(3)8-10-6-11(14)4-5-12(10)13/h4-6,9,15H,7-8,14H2,1-3H3. The lowest BCUT2D eigenvalue weighted by atomic mass is 10.2. The lowest BCUT2D eigenvalue weighted by Gasteiger charge is -2.19. The van der Waals surface area contributed by atoms with Crippen LogP contribution >= 0.6 is 11.6 Å². The van der Waals surface area contributed by atoms with E-state index in [-0.39, 0.29) is 12.5 Å². The molecule has 0 aliphatic carbocycles. The van der Waals surface area contributed by atoms with Crippen LogP contribution < -0.4 is 10.5 Å². The molecule has 0 radical (unpaired) electrons. The van der Waals surface area contributed by atoms with Gasteiger partial charge in [-0.2, -0.15) is 12.7 Å². The van der Waals surface area contributed by atoms with Gasteiger partial charge in [0.2, 0.25) is 0 Å². The lowest BCUT2D eigenvalue weighted by Crippen LogP contribution is -2.39. The van der Waals surface area contributed by atoms with Gasteiger partial charge >= 0.3 is 0 Å². The molecule has 19 heavy (non-hydrogen) atoms. The Morgan fingerprint density at radius 1 is 1.42 bits per heavy atom. The van der Waals surface area contributed by atoms with Crippen LogP contribution in [0.15, 0.2) is 18.2 Å². The SMILES string of the molecule is CC(C)CNS(=O)(=O)N(C)Cc1cc(N)ccc1Cl. The molecule has 0 bridgehead atoms. The van der Waals surface area contributed by atoms with Crippen LogP contribution in [-0.2, 0) is 16.8 Å². The molecular formula is C12H20ClN3O2S. The second kappa shape index (κ2) is 6.56. The van der Waals surface area contributed by atoms with Gasteiger partial charge in [0.1, 0.15) is 0 Å². The molecule has 1 rings (SSSR count). The number of benzene rings is 1. The zero-order chi connectivity index (χ0) is 14.6. The molecule has 3 N–H and O–H groups in total. The minimum absolute atomic E-state index is 0.178. The summed E-state index contributed by atoms with van der Waals surface area (Å²) in [5.74, 6) is 0.249. The summed E-state index contributed by atoms with van der Waals surface area (Å²) in [4.78, 5) is 0. The summed E-state index contributed by atoms with van der Waals surface area (Å²) in [5, 5.41) is 0.500. The summed E-state index contributed by atoms with van der Waals surface area (Å²) in [6.07, 6.45) is 0. The molecule has 0 unspecified atom stereocenters. The molecule has 108 valence electrons. The monoisotopic (exact) mass is 305 g/mol. The van der Waals surface area contributed by atoms with Crippen molar-refractivity contribution in [2.75, 3.05) is 19.3 Å². The van der Waals surface area contributed by atoms with E-state index in [0.29, 0.717) is 22.8 Å². The minimum Gasteiger partial charge on any atom is -0.399 e. The number of anilines is 1. The first kappa shape index (κ1) is 16.2. The molecule has 0 aliphatic heterocycles. The van der Waals surface area contributed by atoms with Gasteiger partial charge in [0.15, 0.2) is 0 Å². The Bertz CT molecular complexity index is 532. The highest BCUT2D eigenvalue weighted by Crippen LogP contribution is 2.20. The average molecular weight is 306 g/mol. The first-order valence-electron chi connectivity index (χ1n) is 5.97. The number of rotatable bonds is 6. The van der Waals surface area contributed by atoms with Crippen molar-refractivity contribution in [3.8, 4) is 0 Å². The normalized spacial score (nSPS) is 12.3. The smallest absolute Gasteiger partial charge is 0.279 e. The summed E-state index contributed by atoms with van der Waals surface area (Å²) in [7, 11) is -2.00. The van der Waals surface area contributed by atoms with Crippen molar-refractivity contribution in [1.29, 1.82) is 0 Å². The highest BCUT2D eigenvalue weighted by atomic mass is 35.5. The fourth-order valence-corrected chi connectivity index (χ4v) is 2.67. The van der Waals surface area contributed by atoms with Crippen LogP contribution in [-0.4, -0.2) is 26.3 Å². The Morgan fingerprint density at radius 3 is 2.63 bits per heavy atom. The molecule has 0 saturated carbocycles. The molecule has 0 fully saturated rings. The minimum atomic E-state index is -3.50. The van der Waals surface area contributed by atoms with Crippen LogP contribution in [0.2, 0.25) is 5.02 Å². The third kappa shape index (κ3) is 4.99. The largest absolute Gasteiger partial charge is 0.399 e. The highest BCUT2D eigenvalue weighted by Gasteiger charge is 2.18. The van der Waals surface area contributed by atoms with E-state index in [1.54, 1.807) is 18.2 Å². The van der Waals surface area contributed by atoms with E-state index in [1.165, 1.54) is 11.4 Å². The molecule has 0 aromatic heterocycles.